The Kier molecular flexibility index (Phi) is 5.63. The predicted octanol–water partition coefficient (Wildman–Crippen LogP) is 4.11. The minimum absolute atomic E-state index is 0.0173. The highest BCUT2D eigenvalue weighted by atomic mass is 16.5. The van der Waals surface area contributed by atoms with Gasteiger partial charge in [-0.15, -0.1) is 0 Å². The van der Waals surface area contributed by atoms with E-state index in [4.69, 9.17) is 9.84 Å². The molecule has 1 N–H and O–H groups in total. The molecule has 31 heavy (non-hydrogen) atoms. The van der Waals surface area contributed by atoms with E-state index in [-0.39, 0.29) is 53.2 Å². The van der Waals surface area contributed by atoms with Gasteiger partial charge in [-0.1, -0.05) is 19.4 Å². The normalized spacial score (nSPS) is 41.5. The van der Waals surface area contributed by atoms with Gasteiger partial charge in [0, 0.05) is 18.3 Å². The van der Waals surface area contributed by atoms with Crippen LogP contribution in [0.2, 0.25) is 0 Å². The molecule has 0 saturated heterocycles. The minimum atomic E-state index is -1.02. The number of carbonyl (C=O) groups is 4. The highest BCUT2D eigenvalue weighted by Gasteiger charge is 2.63. The number of carboxylic acid groups (broad SMARTS) is 1. The Hall–Kier alpha value is -1.98. The summed E-state index contributed by atoms with van der Waals surface area (Å²) in [4.78, 5) is 48.1. The molecule has 0 aromatic heterocycles. The number of allylic oxidation sites excluding steroid dienone is 1. The van der Waals surface area contributed by atoms with Crippen molar-refractivity contribution in [3.8, 4) is 0 Å². The van der Waals surface area contributed by atoms with E-state index in [0.29, 0.717) is 24.7 Å². The fourth-order valence-corrected chi connectivity index (χ4v) is 7.87. The number of aliphatic carboxylic acids is 1. The predicted molar refractivity (Wildman–Crippen MR) is 113 cm³/mol. The largest absolute Gasteiger partial charge is 0.481 e. The van der Waals surface area contributed by atoms with Crippen molar-refractivity contribution in [1.29, 1.82) is 0 Å². The summed E-state index contributed by atoms with van der Waals surface area (Å²) in [7, 11) is 0. The maximum atomic E-state index is 12.6. The van der Waals surface area contributed by atoms with Crippen LogP contribution >= 0.6 is 0 Å². The van der Waals surface area contributed by atoms with Gasteiger partial charge < -0.3 is 9.84 Å². The van der Waals surface area contributed by atoms with E-state index < -0.39 is 11.9 Å². The van der Waals surface area contributed by atoms with Gasteiger partial charge in [0.1, 0.15) is 11.9 Å². The Bertz CT molecular complexity index is 843. The quantitative estimate of drug-likeness (QED) is 0.659. The zero-order valence-electron chi connectivity index (χ0n) is 18.8. The van der Waals surface area contributed by atoms with Crippen LogP contribution < -0.4 is 0 Å². The van der Waals surface area contributed by atoms with Gasteiger partial charge in [0.15, 0.2) is 5.78 Å². The van der Waals surface area contributed by atoms with Crippen LogP contribution in [0.4, 0.5) is 0 Å². The van der Waals surface area contributed by atoms with E-state index in [2.05, 4.69) is 13.8 Å². The van der Waals surface area contributed by atoms with Crippen LogP contribution in [0, 0.1) is 34.5 Å². The fourth-order valence-electron chi connectivity index (χ4n) is 7.87. The van der Waals surface area contributed by atoms with Crippen molar-refractivity contribution in [2.45, 2.75) is 84.7 Å². The fraction of sp³-hybridized carbons (Fsp3) is 0.760. The SMILES string of the molecule is CC(=O)[C@@H]1CC[C@@H]2[C@H]3CCC4=CC(=O)CC[C@]4(C)[C@H]3[C@H](OC(=O)CCC(=O)O)C[C@@]21C. The molecule has 7 atom stereocenters. The Labute approximate surface area is 183 Å². The van der Waals surface area contributed by atoms with Crippen LogP contribution in [0.25, 0.3) is 0 Å². The highest BCUT2D eigenvalue weighted by molar-refractivity contribution is 5.91. The molecule has 0 aromatic carbocycles. The van der Waals surface area contributed by atoms with Crippen LogP contribution in [0.15, 0.2) is 11.6 Å². The van der Waals surface area contributed by atoms with Crippen LogP contribution in [-0.2, 0) is 23.9 Å². The number of carbonyl (C=O) groups excluding carboxylic acids is 3. The first-order valence-corrected chi connectivity index (χ1v) is 11.7. The lowest BCUT2D eigenvalue weighted by Crippen LogP contribution is -2.58. The third-order valence-electron chi connectivity index (χ3n) is 9.19. The average Bonchev–Trinajstić information content (AvgIpc) is 3.03. The van der Waals surface area contributed by atoms with Gasteiger partial charge in [0.2, 0.25) is 0 Å². The highest BCUT2D eigenvalue weighted by Crippen LogP contribution is 2.67. The summed E-state index contributed by atoms with van der Waals surface area (Å²) >= 11 is 0. The number of ether oxygens (including phenoxy) is 1. The van der Waals surface area contributed by atoms with Crippen LogP contribution in [0.3, 0.4) is 0 Å². The second-order valence-corrected chi connectivity index (χ2v) is 10.8. The molecule has 4 rings (SSSR count). The number of carboxylic acids is 1. The van der Waals surface area contributed by atoms with E-state index >= 15 is 0 Å². The zero-order valence-corrected chi connectivity index (χ0v) is 18.8. The molecule has 0 radical (unpaired) electrons. The molecule has 3 fully saturated rings. The van der Waals surface area contributed by atoms with Gasteiger partial charge in [0.25, 0.3) is 0 Å². The summed E-state index contributed by atoms with van der Waals surface area (Å²) in [6.07, 6.45) is 6.75. The van der Waals surface area contributed by atoms with Crippen molar-refractivity contribution < 1.29 is 29.0 Å². The van der Waals surface area contributed by atoms with Crippen molar-refractivity contribution >= 4 is 23.5 Å². The average molecular weight is 431 g/mol. The Morgan fingerprint density at radius 1 is 1.13 bits per heavy atom. The molecule has 4 aliphatic carbocycles. The molecular formula is C25H34O6. The molecule has 0 spiro atoms. The molecule has 170 valence electrons. The number of hydrogen-bond acceptors (Lipinski definition) is 5. The molecule has 6 heteroatoms. The van der Waals surface area contributed by atoms with E-state index in [1.165, 1.54) is 5.57 Å². The monoisotopic (exact) mass is 430 g/mol. The van der Waals surface area contributed by atoms with E-state index in [1.807, 2.05) is 6.08 Å². The van der Waals surface area contributed by atoms with E-state index in [9.17, 15) is 19.2 Å². The third kappa shape index (κ3) is 3.66. The molecule has 0 aliphatic heterocycles. The second kappa shape index (κ2) is 7.86. The molecular weight excluding hydrogens is 396 g/mol. The molecule has 0 heterocycles. The number of rotatable bonds is 5. The third-order valence-corrected chi connectivity index (χ3v) is 9.19. The lowest BCUT2D eigenvalue weighted by molar-refractivity contribution is -0.178. The Morgan fingerprint density at radius 3 is 2.55 bits per heavy atom. The topological polar surface area (TPSA) is 97.7 Å². The molecule has 0 amide bonds. The van der Waals surface area contributed by atoms with Crippen molar-refractivity contribution in [2.75, 3.05) is 0 Å². The van der Waals surface area contributed by atoms with Crippen molar-refractivity contribution in [3.05, 3.63) is 11.6 Å². The molecule has 0 aromatic rings. The first-order valence-electron chi connectivity index (χ1n) is 11.7. The Balaban J connectivity index is 1.70. The Morgan fingerprint density at radius 2 is 1.87 bits per heavy atom. The lowest BCUT2D eigenvalue weighted by Gasteiger charge is -2.60. The van der Waals surface area contributed by atoms with Gasteiger partial charge in [-0.3, -0.25) is 19.2 Å². The first kappa shape index (κ1) is 22.2. The summed E-state index contributed by atoms with van der Waals surface area (Å²) in [5, 5.41) is 8.95. The zero-order chi connectivity index (χ0) is 22.6. The maximum absolute atomic E-state index is 12.6. The van der Waals surface area contributed by atoms with E-state index in [1.54, 1.807) is 6.92 Å². The number of Topliss-reactive ketones (excluding diaryl/α,β-unsaturated/α-hetero) is 1. The lowest BCUT2D eigenvalue weighted by atomic mass is 9.46. The standard InChI is InChI=1S/C25H34O6/c1-14(26)18-6-7-19-17-5-4-15-12-16(27)10-11-24(15,2)23(17)20(13-25(18,19)3)31-22(30)9-8-21(28)29/h12,17-20,23H,4-11,13H2,1-3H3,(H,28,29)/t17-,18+,19-,20-,23-,24+,25-/m1/s1. The van der Waals surface area contributed by atoms with Gasteiger partial charge in [-0.25, -0.2) is 0 Å². The van der Waals surface area contributed by atoms with Gasteiger partial charge in [0.05, 0.1) is 12.8 Å². The maximum Gasteiger partial charge on any atom is 0.306 e. The second-order valence-electron chi connectivity index (χ2n) is 10.8. The number of esters is 1. The van der Waals surface area contributed by atoms with Crippen molar-refractivity contribution in [1.82, 2.24) is 0 Å². The van der Waals surface area contributed by atoms with Gasteiger partial charge >= 0.3 is 11.9 Å². The smallest absolute Gasteiger partial charge is 0.306 e. The number of ketones is 2. The molecule has 0 bridgehead atoms. The molecule has 3 saturated carbocycles. The molecule has 6 nitrogen and oxygen atoms in total. The summed E-state index contributed by atoms with van der Waals surface area (Å²) in [5.74, 6) is -0.248. The summed E-state index contributed by atoms with van der Waals surface area (Å²) in [5.41, 5.74) is 0.790. The van der Waals surface area contributed by atoms with Crippen LogP contribution in [-0.4, -0.2) is 34.7 Å². The van der Waals surface area contributed by atoms with Gasteiger partial charge in [-0.2, -0.15) is 0 Å². The minimum Gasteiger partial charge on any atom is -0.481 e. The van der Waals surface area contributed by atoms with Crippen LogP contribution in [0.1, 0.15) is 78.6 Å². The number of hydrogen-bond donors (Lipinski definition) is 1. The van der Waals surface area contributed by atoms with E-state index in [0.717, 1.165) is 32.1 Å². The summed E-state index contributed by atoms with van der Waals surface area (Å²) in [6.45, 7) is 6.09. The van der Waals surface area contributed by atoms with Gasteiger partial charge in [-0.05, 0) is 74.2 Å². The molecule has 4 aliphatic rings. The summed E-state index contributed by atoms with van der Waals surface area (Å²) < 4.78 is 6.03. The van der Waals surface area contributed by atoms with Crippen LogP contribution in [0.5, 0.6) is 0 Å². The van der Waals surface area contributed by atoms with Crippen molar-refractivity contribution in [3.63, 3.8) is 0 Å². The number of fused-ring (bicyclic) bond motifs is 5. The van der Waals surface area contributed by atoms with Crippen molar-refractivity contribution in [2.24, 2.45) is 34.5 Å². The molecule has 0 unspecified atom stereocenters. The first-order chi connectivity index (χ1) is 14.6. The summed E-state index contributed by atoms with van der Waals surface area (Å²) in [6, 6.07) is 0.